The topological polar surface area (TPSA) is 47.4 Å². The number of rotatable bonds is 6. The first-order valence-electron chi connectivity index (χ1n) is 10.5. The molecular weight excluding hydrogens is 410 g/mol. The maximum absolute atomic E-state index is 12.7. The maximum atomic E-state index is 12.7. The Bertz CT molecular complexity index is 1050. The summed E-state index contributed by atoms with van der Waals surface area (Å²) >= 11 is 6.33. The number of hydrogen-bond donors (Lipinski definition) is 0. The van der Waals surface area contributed by atoms with Crippen molar-refractivity contribution in [3.05, 3.63) is 83.0 Å². The van der Waals surface area contributed by atoms with E-state index in [0.29, 0.717) is 11.6 Å². The van der Waals surface area contributed by atoms with Gasteiger partial charge in [-0.15, -0.1) is 0 Å². The number of amides is 1. The number of benzene rings is 2. The molecule has 0 N–H and O–H groups in total. The summed E-state index contributed by atoms with van der Waals surface area (Å²) in [5.41, 5.74) is 3.75. The van der Waals surface area contributed by atoms with E-state index in [2.05, 4.69) is 0 Å². The summed E-state index contributed by atoms with van der Waals surface area (Å²) < 4.78 is 7.27. The van der Waals surface area contributed by atoms with Gasteiger partial charge in [-0.05, 0) is 30.5 Å². The molecule has 5 nitrogen and oxygen atoms in total. The molecule has 0 atom stereocenters. The van der Waals surface area contributed by atoms with Crippen LogP contribution in [0, 0.1) is 0 Å². The lowest BCUT2D eigenvalue weighted by atomic mass is 10.1. The SMILES string of the molecule is COC1CCN(C(=O)C=Cc2cn(Cc3ccccc3Cl)nc2-c2ccccc2)CC1. The molecule has 1 aliphatic heterocycles. The lowest BCUT2D eigenvalue weighted by Crippen LogP contribution is -2.39. The van der Waals surface area contributed by atoms with Gasteiger partial charge in [0.2, 0.25) is 5.91 Å². The Morgan fingerprint density at radius 3 is 2.55 bits per heavy atom. The van der Waals surface area contributed by atoms with Crippen LogP contribution in [0.2, 0.25) is 5.02 Å². The van der Waals surface area contributed by atoms with E-state index in [-0.39, 0.29) is 12.0 Å². The summed E-state index contributed by atoms with van der Waals surface area (Å²) in [5.74, 6) is 0.0208. The van der Waals surface area contributed by atoms with E-state index >= 15 is 0 Å². The number of ether oxygens (including phenoxy) is 1. The Kier molecular flexibility index (Phi) is 6.85. The Balaban J connectivity index is 1.57. The second-order valence-corrected chi connectivity index (χ2v) is 8.09. The minimum absolute atomic E-state index is 0.0208. The summed E-state index contributed by atoms with van der Waals surface area (Å²) in [6, 6.07) is 17.8. The van der Waals surface area contributed by atoms with Crippen molar-refractivity contribution in [3.63, 3.8) is 0 Å². The average Bonchev–Trinajstić information content (AvgIpc) is 3.22. The summed E-state index contributed by atoms with van der Waals surface area (Å²) in [6.07, 6.45) is 7.48. The fourth-order valence-corrected chi connectivity index (χ4v) is 4.04. The molecule has 0 unspecified atom stereocenters. The van der Waals surface area contributed by atoms with E-state index in [9.17, 15) is 4.79 Å². The van der Waals surface area contributed by atoms with Crippen LogP contribution in [0.3, 0.4) is 0 Å². The van der Waals surface area contributed by atoms with Crippen LogP contribution in [0.1, 0.15) is 24.0 Å². The van der Waals surface area contributed by atoms with Gasteiger partial charge in [-0.2, -0.15) is 5.10 Å². The minimum Gasteiger partial charge on any atom is -0.381 e. The zero-order valence-corrected chi connectivity index (χ0v) is 18.3. The molecule has 2 heterocycles. The molecule has 1 aromatic heterocycles. The molecular formula is C25H26ClN3O2. The van der Waals surface area contributed by atoms with Crippen LogP contribution in [0.4, 0.5) is 0 Å². The zero-order chi connectivity index (χ0) is 21.6. The van der Waals surface area contributed by atoms with Crippen LogP contribution in [0.5, 0.6) is 0 Å². The van der Waals surface area contributed by atoms with Crippen molar-refractivity contribution in [3.8, 4) is 11.3 Å². The van der Waals surface area contributed by atoms with E-state index in [4.69, 9.17) is 21.4 Å². The number of carbonyl (C=O) groups is 1. The number of carbonyl (C=O) groups excluding carboxylic acids is 1. The quantitative estimate of drug-likeness (QED) is 0.517. The predicted octanol–water partition coefficient (Wildman–Crippen LogP) is 4.90. The van der Waals surface area contributed by atoms with Crippen LogP contribution in [-0.4, -0.2) is 46.9 Å². The third kappa shape index (κ3) is 5.24. The molecule has 31 heavy (non-hydrogen) atoms. The van der Waals surface area contributed by atoms with Crippen LogP contribution >= 0.6 is 11.6 Å². The number of hydrogen-bond acceptors (Lipinski definition) is 3. The fourth-order valence-electron chi connectivity index (χ4n) is 3.84. The van der Waals surface area contributed by atoms with Crippen molar-refractivity contribution in [2.75, 3.05) is 20.2 Å². The van der Waals surface area contributed by atoms with E-state index in [0.717, 1.165) is 48.3 Å². The molecule has 160 valence electrons. The van der Waals surface area contributed by atoms with Gasteiger partial charge in [0.25, 0.3) is 0 Å². The van der Waals surface area contributed by atoms with Gasteiger partial charge >= 0.3 is 0 Å². The van der Waals surface area contributed by atoms with Crippen LogP contribution in [-0.2, 0) is 16.1 Å². The average molecular weight is 436 g/mol. The van der Waals surface area contributed by atoms with Crippen molar-refractivity contribution >= 4 is 23.6 Å². The number of piperidine rings is 1. The molecule has 0 aliphatic carbocycles. The molecule has 0 spiro atoms. The van der Waals surface area contributed by atoms with Gasteiger partial charge in [0.15, 0.2) is 0 Å². The summed E-state index contributed by atoms with van der Waals surface area (Å²) in [7, 11) is 1.73. The molecule has 0 saturated carbocycles. The smallest absolute Gasteiger partial charge is 0.246 e. The normalized spacial score (nSPS) is 15.0. The van der Waals surface area contributed by atoms with Crippen LogP contribution in [0.25, 0.3) is 17.3 Å². The molecule has 4 rings (SSSR count). The Morgan fingerprint density at radius 2 is 1.84 bits per heavy atom. The number of aromatic nitrogens is 2. The third-order valence-corrected chi connectivity index (χ3v) is 5.99. The van der Waals surface area contributed by atoms with Crippen molar-refractivity contribution in [1.29, 1.82) is 0 Å². The molecule has 1 amide bonds. The predicted molar refractivity (Wildman–Crippen MR) is 124 cm³/mol. The molecule has 1 aliphatic rings. The minimum atomic E-state index is 0.0208. The highest BCUT2D eigenvalue weighted by molar-refractivity contribution is 6.31. The molecule has 0 radical (unpaired) electrons. The molecule has 0 bridgehead atoms. The number of likely N-dealkylation sites (tertiary alicyclic amines) is 1. The van der Waals surface area contributed by atoms with Gasteiger partial charge in [-0.25, -0.2) is 0 Å². The van der Waals surface area contributed by atoms with Gasteiger partial charge in [-0.1, -0.05) is 60.1 Å². The maximum Gasteiger partial charge on any atom is 0.246 e. The highest BCUT2D eigenvalue weighted by atomic mass is 35.5. The first-order chi connectivity index (χ1) is 15.1. The first-order valence-corrected chi connectivity index (χ1v) is 10.9. The van der Waals surface area contributed by atoms with Crippen LogP contribution < -0.4 is 0 Å². The fraction of sp³-hybridized carbons (Fsp3) is 0.280. The number of halogens is 1. The van der Waals surface area contributed by atoms with E-state index in [1.807, 2.05) is 76.5 Å². The monoisotopic (exact) mass is 435 g/mol. The van der Waals surface area contributed by atoms with Crippen LogP contribution in [0.15, 0.2) is 66.9 Å². The number of methoxy groups -OCH3 is 1. The summed E-state index contributed by atoms with van der Waals surface area (Å²) in [6.45, 7) is 2.00. The second kappa shape index (κ2) is 9.94. The lowest BCUT2D eigenvalue weighted by Gasteiger charge is -2.30. The highest BCUT2D eigenvalue weighted by Gasteiger charge is 2.21. The first kappa shape index (κ1) is 21.3. The van der Waals surface area contributed by atoms with Gasteiger partial charge < -0.3 is 9.64 Å². The molecule has 6 heteroatoms. The third-order valence-electron chi connectivity index (χ3n) is 5.62. The van der Waals surface area contributed by atoms with Gasteiger partial charge in [0, 0.05) is 48.6 Å². The van der Waals surface area contributed by atoms with Crippen molar-refractivity contribution < 1.29 is 9.53 Å². The highest BCUT2D eigenvalue weighted by Crippen LogP contribution is 2.25. The molecule has 2 aromatic carbocycles. The number of nitrogens with zero attached hydrogens (tertiary/aromatic N) is 3. The van der Waals surface area contributed by atoms with E-state index in [1.165, 1.54) is 0 Å². The Labute approximate surface area is 187 Å². The van der Waals surface area contributed by atoms with Crippen molar-refractivity contribution in [1.82, 2.24) is 14.7 Å². The standard InChI is InChI=1S/C25H26ClN3O2/c1-31-22-13-15-28(16-14-22)24(30)12-11-21-18-29(17-20-9-5-6-10-23(20)26)27-25(21)19-7-3-2-4-8-19/h2-12,18,22H,13-17H2,1H3. The van der Waals surface area contributed by atoms with Crippen molar-refractivity contribution in [2.45, 2.75) is 25.5 Å². The van der Waals surface area contributed by atoms with Crippen molar-refractivity contribution in [2.24, 2.45) is 0 Å². The largest absolute Gasteiger partial charge is 0.381 e. The zero-order valence-electron chi connectivity index (χ0n) is 17.6. The molecule has 3 aromatic rings. The van der Waals surface area contributed by atoms with Gasteiger partial charge in [0.1, 0.15) is 0 Å². The van der Waals surface area contributed by atoms with Gasteiger partial charge in [0.05, 0.1) is 18.3 Å². The lowest BCUT2D eigenvalue weighted by molar-refractivity contribution is -0.128. The Morgan fingerprint density at radius 1 is 1.13 bits per heavy atom. The van der Waals surface area contributed by atoms with Gasteiger partial charge in [-0.3, -0.25) is 9.48 Å². The summed E-state index contributed by atoms with van der Waals surface area (Å²) in [5, 5.41) is 5.51. The molecule has 1 fully saturated rings. The second-order valence-electron chi connectivity index (χ2n) is 7.68. The van der Waals surface area contributed by atoms with E-state index < -0.39 is 0 Å². The summed E-state index contributed by atoms with van der Waals surface area (Å²) in [4.78, 5) is 14.6. The Hall–Kier alpha value is -2.89. The molecule has 1 saturated heterocycles. The van der Waals surface area contributed by atoms with E-state index in [1.54, 1.807) is 13.2 Å².